The Morgan fingerprint density at radius 2 is 1.80 bits per heavy atom. The number of benzene rings is 2. The molecule has 2 aromatic carbocycles. The number of sulfone groups is 1. The molecule has 1 aromatic heterocycles. The topological polar surface area (TPSA) is 155 Å². The molecule has 2 aliphatic heterocycles. The number of rotatable bonds is 7. The average molecular weight is 671 g/mol. The van der Waals surface area contributed by atoms with Crippen LogP contribution < -0.4 is 10.1 Å². The maximum Gasteiger partial charge on any atom is 0.291 e. The molecular formula is C30H25ClF2N6O6S. The lowest BCUT2D eigenvalue weighted by Crippen LogP contribution is -2.42. The van der Waals surface area contributed by atoms with Crippen molar-refractivity contribution in [3.63, 3.8) is 0 Å². The van der Waals surface area contributed by atoms with Crippen molar-refractivity contribution in [3.8, 4) is 23.1 Å². The summed E-state index contributed by atoms with van der Waals surface area (Å²) >= 11 is 6.42. The molecule has 0 bridgehead atoms. The van der Waals surface area contributed by atoms with Crippen LogP contribution in [-0.4, -0.2) is 65.2 Å². The van der Waals surface area contributed by atoms with Gasteiger partial charge >= 0.3 is 0 Å². The molecule has 3 amide bonds. The molecule has 1 saturated heterocycles. The third-order valence-corrected chi connectivity index (χ3v) is 8.79. The molecule has 0 atom stereocenters. The number of nitriles is 1. The average Bonchev–Trinajstić information content (AvgIpc) is 3.42. The van der Waals surface area contributed by atoms with Crippen LogP contribution in [0.2, 0.25) is 5.02 Å². The zero-order valence-electron chi connectivity index (χ0n) is 24.1. The highest BCUT2D eigenvalue weighted by atomic mass is 35.5. The largest absolute Gasteiger partial charge is 0.476 e. The highest BCUT2D eigenvalue weighted by Crippen LogP contribution is 2.31. The number of carbonyl (C=O) groups is 3. The molecule has 16 heteroatoms. The third-order valence-electron chi connectivity index (χ3n) is 7.47. The highest BCUT2D eigenvalue weighted by Gasteiger charge is 2.31. The molecule has 3 heterocycles. The van der Waals surface area contributed by atoms with Crippen LogP contribution in [0.15, 0.2) is 59.7 Å². The second kappa shape index (κ2) is 13.1. The Bertz CT molecular complexity index is 1930. The minimum atomic E-state index is -3.46. The van der Waals surface area contributed by atoms with E-state index < -0.39 is 45.7 Å². The standard InChI is InChI=1S/C30H25ClF2N6O6S/c1-37-23(21-4-5-24(45-13-8-34)26(33)25(21)32)17-35-27(37)28(40)36-19-2-3-20(22(31)16-19)30(42)38-9-6-18(7-10-38)29(41)39-11-14-46(43,44)15-12-39/h2-5,11-12,14-18H,6-7,9-10,13H2,1H3,(H,36,40). The quantitative estimate of drug-likeness (QED) is 0.392. The molecule has 2 aliphatic rings. The number of anilines is 1. The fourth-order valence-corrected chi connectivity index (χ4v) is 5.98. The summed E-state index contributed by atoms with van der Waals surface area (Å²) in [6, 6.07) is 8.42. The van der Waals surface area contributed by atoms with Crippen LogP contribution in [0.4, 0.5) is 14.5 Å². The van der Waals surface area contributed by atoms with Crippen molar-refractivity contribution in [2.45, 2.75) is 12.8 Å². The van der Waals surface area contributed by atoms with E-state index in [1.54, 1.807) is 11.0 Å². The summed E-state index contributed by atoms with van der Waals surface area (Å²) in [5, 5.41) is 13.2. The Morgan fingerprint density at radius 1 is 1.11 bits per heavy atom. The Labute approximate surface area is 267 Å². The van der Waals surface area contributed by atoms with Crippen LogP contribution in [0.1, 0.15) is 33.8 Å². The maximum absolute atomic E-state index is 14.8. The number of piperidine rings is 1. The van der Waals surface area contributed by atoms with Crippen molar-refractivity contribution >= 4 is 44.8 Å². The predicted octanol–water partition coefficient (Wildman–Crippen LogP) is 4.22. The normalized spacial score (nSPS) is 15.8. The van der Waals surface area contributed by atoms with Crippen molar-refractivity contribution in [1.82, 2.24) is 19.4 Å². The molecule has 12 nitrogen and oxygen atoms in total. The van der Waals surface area contributed by atoms with Gasteiger partial charge in [-0.3, -0.25) is 19.3 Å². The van der Waals surface area contributed by atoms with Gasteiger partial charge in [-0.05, 0) is 43.2 Å². The molecule has 3 aromatic rings. The summed E-state index contributed by atoms with van der Waals surface area (Å²) in [4.78, 5) is 45.8. The second-order valence-corrected chi connectivity index (χ2v) is 12.5. The number of nitrogens with one attached hydrogen (secondary N) is 1. The lowest BCUT2D eigenvalue weighted by Gasteiger charge is -2.33. The van der Waals surface area contributed by atoms with Crippen molar-refractivity contribution < 1.29 is 36.3 Å². The molecule has 238 valence electrons. The monoisotopic (exact) mass is 670 g/mol. The van der Waals surface area contributed by atoms with Gasteiger partial charge in [-0.25, -0.2) is 17.8 Å². The summed E-state index contributed by atoms with van der Waals surface area (Å²) in [5.41, 5.74) is 0.372. The van der Waals surface area contributed by atoms with Crippen LogP contribution in [0, 0.1) is 28.9 Å². The van der Waals surface area contributed by atoms with E-state index in [1.165, 1.54) is 65.4 Å². The summed E-state index contributed by atoms with van der Waals surface area (Å²) < 4.78 is 58.4. The lowest BCUT2D eigenvalue weighted by molar-refractivity contribution is -0.132. The minimum Gasteiger partial charge on any atom is -0.476 e. The number of halogens is 3. The summed E-state index contributed by atoms with van der Waals surface area (Å²) in [6.45, 7) is 0.107. The summed E-state index contributed by atoms with van der Waals surface area (Å²) in [6.07, 6.45) is 4.37. The smallest absolute Gasteiger partial charge is 0.291 e. The highest BCUT2D eigenvalue weighted by molar-refractivity contribution is 7.97. The molecule has 0 spiro atoms. The Kier molecular flexibility index (Phi) is 9.22. The van der Waals surface area contributed by atoms with E-state index in [9.17, 15) is 31.6 Å². The fraction of sp³-hybridized carbons (Fsp3) is 0.233. The van der Waals surface area contributed by atoms with Crippen LogP contribution in [0.25, 0.3) is 11.3 Å². The van der Waals surface area contributed by atoms with Gasteiger partial charge < -0.3 is 19.5 Å². The molecule has 0 radical (unpaired) electrons. The Morgan fingerprint density at radius 3 is 2.46 bits per heavy atom. The van der Waals surface area contributed by atoms with E-state index in [4.69, 9.17) is 21.6 Å². The first kappa shape index (κ1) is 32.3. The zero-order chi connectivity index (χ0) is 33.2. The third kappa shape index (κ3) is 6.63. The van der Waals surface area contributed by atoms with Crippen molar-refractivity contribution in [1.29, 1.82) is 5.26 Å². The first-order chi connectivity index (χ1) is 21.9. The first-order valence-corrected chi connectivity index (χ1v) is 15.7. The number of ether oxygens (including phenoxy) is 1. The van der Waals surface area contributed by atoms with Gasteiger partial charge in [-0.15, -0.1) is 0 Å². The summed E-state index contributed by atoms with van der Waals surface area (Å²) in [5.74, 6) is -4.75. The van der Waals surface area contributed by atoms with Gasteiger partial charge in [-0.2, -0.15) is 9.65 Å². The lowest BCUT2D eigenvalue weighted by atomic mass is 9.95. The van der Waals surface area contributed by atoms with E-state index in [2.05, 4.69) is 10.3 Å². The van der Waals surface area contributed by atoms with Crippen molar-refractivity contribution in [2.75, 3.05) is 25.0 Å². The minimum absolute atomic E-state index is 0.0718. The molecular weight excluding hydrogens is 646 g/mol. The number of likely N-dealkylation sites (tertiary alicyclic amines) is 1. The van der Waals surface area contributed by atoms with Crippen LogP contribution >= 0.6 is 11.6 Å². The Hall–Kier alpha value is -5.07. The van der Waals surface area contributed by atoms with E-state index in [0.717, 1.165) is 10.8 Å². The molecule has 5 rings (SSSR count). The van der Waals surface area contributed by atoms with Crippen LogP contribution in [0.3, 0.4) is 0 Å². The van der Waals surface area contributed by atoms with Crippen LogP contribution in [-0.2, 0) is 21.7 Å². The van der Waals surface area contributed by atoms with Gasteiger partial charge in [0.25, 0.3) is 11.8 Å². The predicted molar refractivity (Wildman–Crippen MR) is 162 cm³/mol. The van der Waals surface area contributed by atoms with Crippen molar-refractivity contribution in [3.05, 3.63) is 87.8 Å². The molecule has 0 saturated carbocycles. The number of hydrogen-bond donors (Lipinski definition) is 1. The molecule has 46 heavy (non-hydrogen) atoms. The zero-order valence-corrected chi connectivity index (χ0v) is 25.7. The van der Waals surface area contributed by atoms with Gasteiger partial charge in [0, 0.05) is 49.7 Å². The number of imidazole rings is 1. The first-order valence-electron chi connectivity index (χ1n) is 13.7. The van der Waals surface area contributed by atoms with Gasteiger partial charge in [0.05, 0.1) is 33.3 Å². The van der Waals surface area contributed by atoms with Gasteiger partial charge in [0.2, 0.25) is 11.7 Å². The number of carbonyl (C=O) groups excluding carboxylic acids is 3. The van der Waals surface area contributed by atoms with Gasteiger partial charge in [0.15, 0.2) is 33.8 Å². The van der Waals surface area contributed by atoms with Gasteiger partial charge in [-0.1, -0.05) is 11.6 Å². The number of amides is 3. The molecule has 1 N–H and O–H groups in total. The molecule has 1 fully saturated rings. The molecule has 0 aliphatic carbocycles. The number of nitrogens with zero attached hydrogens (tertiary/aromatic N) is 5. The van der Waals surface area contributed by atoms with Crippen LogP contribution in [0.5, 0.6) is 5.75 Å². The maximum atomic E-state index is 14.8. The fourth-order valence-electron chi connectivity index (χ4n) is 5.03. The van der Waals surface area contributed by atoms with Gasteiger partial charge in [0.1, 0.15) is 6.07 Å². The van der Waals surface area contributed by atoms with E-state index >= 15 is 0 Å². The Balaban J connectivity index is 1.21. The van der Waals surface area contributed by atoms with E-state index in [0.29, 0.717) is 12.8 Å². The molecule has 0 unspecified atom stereocenters. The van der Waals surface area contributed by atoms with Crippen molar-refractivity contribution in [2.24, 2.45) is 13.0 Å². The van der Waals surface area contributed by atoms with E-state index in [1.807, 2.05) is 0 Å². The summed E-state index contributed by atoms with van der Waals surface area (Å²) in [7, 11) is -2.01. The van der Waals surface area contributed by atoms with E-state index in [-0.39, 0.29) is 58.3 Å². The second-order valence-electron chi connectivity index (χ2n) is 10.3. The number of aromatic nitrogens is 2. The SMILES string of the molecule is Cn1c(-c2ccc(OCC#N)c(F)c2F)cnc1C(=O)Nc1ccc(C(=O)N2CCC(C(=O)N3C=CS(=O)(=O)C=C3)CC2)c(Cl)c1. The number of hydrogen-bond acceptors (Lipinski definition) is 8.